The van der Waals surface area contributed by atoms with Gasteiger partial charge < -0.3 is 0 Å². The zero-order valence-corrected chi connectivity index (χ0v) is 16.7. The van der Waals surface area contributed by atoms with Crippen molar-refractivity contribution in [1.29, 1.82) is 0 Å². The van der Waals surface area contributed by atoms with Crippen molar-refractivity contribution in [1.82, 2.24) is 15.0 Å². The molecule has 5 heteroatoms. The van der Waals surface area contributed by atoms with Crippen molar-refractivity contribution in [2.24, 2.45) is 0 Å². The minimum atomic E-state index is 0.285. The summed E-state index contributed by atoms with van der Waals surface area (Å²) in [5.41, 5.74) is 6.41. The van der Waals surface area contributed by atoms with Crippen LogP contribution in [0, 0.1) is 13.8 Å². The van der Waals surface area contributed by atoms with Crippen LogP contribution in [0.25, 0.3) is 22.2 Å². The zero-order valence-electron chi connectivity index (χ0n) is 15.1. The summed E-state index contributed by atoms with van der Waals surface area (Å²) in [6, 6.07) is 20.8. The second-order valence-corrected chi connectivity index (χ2v) is 7.75. The van der Waals surface area contributed by atoms with E-state index in [1.807, 2.05) is 31.2 Å². The number of benzene rings is 2. The predicted molar refractivity (Wildman–Crippen MR) is 113 cm³/mol. The van der Waals surface area contributed by atoms with Crippen LogP contribution in [0.1, 0.15) is 16.8 Å². The van der Waals surface area contributed by atoms with E-state index >= 15 is 0 Å². The maximum Gasteiger partial charge on any atom is 0.223 e. The fraction of sp³-hybridized carbons (Fsp3) is 0.136. The van der Waals surface area contributed by atoms with Gasteiger partial charge in [-0.25, -0.2) is 15.0 Å². The van der Waals surface area contributed by atoms with Gasteiger partial charge in [-0.3, -0.25) is 0 Å². The van der Waals surface area contributed by atoms with Crippen molar-refractivity contribution >= 4 is 34.3 Å². The Balaban J connectivity index is 1.78. The van der Waals surface area contributed by atoms with Crippen molar-refractivity contribution in [2.45, 2.75) is 24.6 Å². The van der Waals surface area contributed by atoms with Crippen LogP contribution in [-0.2, 0) is 5.75 Å². The van der Waals surface area contributed by atoms with E-state index < -0.39 is 0 Å². The molecule has 0 bridgehead atoms. The molecule has 2 aromatic heterocycles. The van der Waals surface area contributed by atoms with Gasteiger partial charge in [0.2, 0.25) is 5.28 Å². The van der Waals surface area contributed by atoms with E-state index in [4.69, 9.17) is 16.6 Å². The molecule has 0 N–H and O–H groups in total. The van der Waals surface area contributed by atoms with Crippen LogP contribution in [0.15, 0.2) is 65.7 Å². The maximum absolute atomic E-state index is 6.01. The number of thioether (sulfide) groups is 1. The summed E-state index contributed by atoms with van der Waals surface area (Å²) in [4.78, 5) is 13.5. The molecule has 0 aliphatic carbocycles. The molecule has 0 spiro atoms. The highest BCUT2D eigenvalue weighted by atomic mass is 35.5. The van der Waals surface area contributed by atoms with E-state index in [1.165, 1.54) is 11.1 Å². The summed E-state index contributed by atoms with van der Waals surface area (Å²) in [7, 11) is 0. The summed E-state index contributed by atoms with van der Waals surface area (Å²) < 4.78 is 0. The molecule has 0 saturated heterocycles. The van der Waals surface area contributed by atoms with Gasteiger partial charge in [-0.1, -0.05) is 48.5 Å². The van der Waals surface area contributed by atoms with Crippen molar-refractivity contribution in [2.75, 3.05) is 0 Å². The molecule has 0 atom stereocenters. The lowest BCUT2D eigenvalue weighted by Crippen LogP contribution is -1.96. The molecular formula is C22H18ClN3S. The van der Waals surface area contributed by atoms with E-state index in [9.17, 15) is 0 Å². The van der Waals surface area contributed by atoms with Gasteiger partial charge in [0.15, 0.2) is 0 Å². The number of rotatable bonds is 4. The van der Waals surface area contributed by atoms with Gasteiger partial charge >= 0.3 is 0 Å². The van der Waals surface area contributed by atoms with E-state index in [0.717, 1.165) is 38.6 Å². The normalized spacial score (nSPS) is 11.1. The van der Waals surface area contributed by atoms with Crippen LogP contribution < -0.4 is 0 Å². The smallest absolute Gasteiger partial charge is 0.223 e. The number of aromatic nitrogens is 3. The summed E-state index contributed by atoms with van der Waals surface area (Å²) >= 11 is 7.65. The number of pyridine rings is 1. The molecule has 0 amide bonds. The van der Waals surface area contributed by atoms with Crippen molar-refractivity contribution < 1.29 is 0 Å². The second kappa shape index (κ2) is 7.67. The van der Waals surface area contributed by atoms with E-state index in [1.54, 1.807) is 11.8 Å². The standard InChI is InChI=1S/C22H18ClN3S/c1-14-7-6-10-17-12-18(13-27-19-11-15(2)24-22(23)25-19)21(26-20(14)17)16-8-4-3-5-9-16/h3-12H,13H2,1-2H3. The van der Waals surface area contributed by atoms with Gasteiger partial charge in [0.1, 0.15) is 5.03 Å². The third-order valence-corrected chi connectivity index (χ3v) is 5.48. The molecule has 134 valence electrons. The molecule has 4 aromatic rings. The zero-order chi connectivity index (χ0) is 18.8. The Hall–Kier alpha value is -2.43. The lowest BCUT2D eigenvalue weighted by Gasteiger charge is -2.12. The highest BCUT2D eigenvalue weighted by molar-refractivity contribution is 7.98. The van der Waals surface area contributed by atoms with Crippen molar-refractivity contribution in [3.05, 3.63) is 82.8 Å². The van der Waals surface area contributed by atoms with Crippen LogP contribution in [-0.4, -0.2) is 15.0 Å². The first-order valence-electron chi connectivity index (χ1n) is 8.69. The average molecular weight is 392 g/mol. The molecule has 3 nitrogen and oxygen atoms in total. The Labute approximate surface area is 167 Å². The molecule has 2 heterocycles. The molecule has 0 aliphatic heterocycles. The largest absolute Gasteiger partial charge is 0.247 e. The highest BCUT2D eigenvalue weighted by Gasteiger charge is 2.12. The Morgan fingerprint density at radius 1 is 0.889 bits per heavy atom. The van der Waals surface area contributed by atoms with E-state index in [-0.39, 0.29) is 5.28 Å². The molecule has 0 radical (unpaired) electrons. The lowest BCUT2D eigenvalue weighted by molar-refractivity contribution is 1.01. The minimum absolute atomic E-state index is 0.285. The number of para-hydroxylation sites is 1. The summed E-state index contributed by atoms with van der Waals surface area (Å²) in [6.07, 6.45) is 0. The van der Waals surface area contributed by atoms with Crippen LogP contribution in [0.5, 0.6) is 0 Å². The SMILES string of the molecule is Cc1cc(SCc2cc3cccc(C)c3nc2-c2ccccc2)nc(Cl)n1. The number of fused-ring (bicyclic) bond motifs is 1. The van der Waals surface area contributed by atoms with Gasteiger partial charge in [0.25, 0.3) is 0 Å². The number of nitrogens with zero attached hydrogens (tertiary/aromatic N) is 3. The van der Waals surface area contributed by atoms with Gasteiger partial charge in [0, 0.05) is 22.4 Å². The van der Waals surface area contributed by atoms with Gasteiger partial charge in [-0.2, -0.15) is 0 Å². The molecule has 0 aliphatic rings. The summed E-state index contributed by atoms with van der Waals surface area (Å²) in [5, 5.41) is 2.31. The first-order chi connectivity index (χ1) is 13.1. The minimum Gasteiger partial charge on any atom is -0.247 e. The van der Waals surface area contributed by atoms with Crippen LogP contribution in [0.4, 0.5) is 0 Å². The Kier molecular flexibility index (Phi) is 5.10. The van der Waals surface area contributed by atoms with Crippen molar-refractivity contribution in [3.63, 3.8) is 0 Å². The topological polar surface area (TPSA) is 38.7 Å². The summed E-state index contributed by atoms with van der Waals surface area (Å²) in [6.45, 7) is 4.03. The summed E-state index contributed by atoms with van der Waals surface area (Å²) in [5.74, 6) is 0.758. The molecule has 0 saturated carbocycles. The first-order valence-corrected chi connectivity index (χ1v) is 10.0. The lowest BCUT2D eigenvalue weighted by atomic mass is 10.0. The number of halogens is 1. The fourth-order valence-corrected chi connectivity index (χ4v) is 4.28. The molecule has 4 rings (SSSR count). The monoisotopic (exact) mass is 391 g/mol. The van der Waals surface area contributed by atoms with Crippen LogP contribution in [0.2, 0.25) is 5.28 Å². The second-order valence-electron chi connectivity index (χ2n) is 6.41. The molecule has 0 fully saturated rings. The molecule has 27 heavy (non-hydrogen) atoms. The number of hydrogen-bond acceptors (Lipinski definition) is 4. The van der Waals surface area contributed by atoms with Crippen LogP contribution in [0.3, 0.4) is 0 Å². The number of hydrogen-bond donors (Lipinski definition) is 0. The first kappa shape index (κ1) is 18.0. The number of aryl methyl sites for hydroxylation is 2. The third-order valence-electron chi connectivity index (χ3n) is 4.35. The van der Waals surface area contributed by atoms with Crippen LogP contribution >= 0.6 is 23.4 Å². The maximum atomic E-state index is 6.01. The third kappa shape index (κ3) is 3.97. The van der Waals surface area contributed by atoms with E-state index in [0.29, 0.717) is 0 Å². The molecular weight excluding hydrogens is 374 g/mol. The quantitative estimate of drug-likeness (QED) is 0.234. The van der Waals surface area contributed by atoms with Gasteiger partial charge in [0.05, 0.1) is 11.2 Å². The van der Waals surface area contributed by atoms with Gasteiger partial charge in [-0.15, -0.1) is 11.8 Å². The Morgan fingerprint density at radius 3 is 2.48 bits per heavy atom. The fourth-order valence-electron chi connectivity index (χ4n) is 3.08. The Morgan fingerprint density at radius 2 is 1.70 bits per heavy atom. The van der Waals surface area contributed by atoms with Gasteiger partial charge in [-0.05, 0) is 48.7 Å². The van der Waals surface area contributed by atoms with E-state index in [2.05, 4.69) is 53.3 Å². The predicted octanol–water partition coefficient (Wildman–Crippen LogP) is 6.25. The molecule has 0 unspecified atom stereocenters. The molecule has 2 aromatic carbocycles. The Bertz CT molecular complexity index is 1090. The highest BCUT2D eigenvalue weighted by Crippen LogP contribution is 2.31. The van der Waals surface area contributed by atoms with Crippen molar-refractivity contribution in [3.8, 4) is 11.3 Å². The average Bonchev–Trinajstić information content (AvgIpc) is 2.66.